The summed E-state index contributed by atoms with van der Waals surface area (Å²) in [5.74, 6) is 0.538. The lowest BCUT2D eigenvalue weighted by atomic mass is 9.69. The van der Waals surface area contributed by atoms with Crippen molar-refractivity contribution in [3.05, 3.63) is 0 Å². The highest BCUT2D eigenvalue weighted by Gasteiger charge is 2.63. The first-order valence-corrected chi connectivity index (χ1v) is 9.53. The fourth-order valence-corrected chi connectivity index (χ4v) is 7.21. The molecule has 2 saturated carbocycles. The van der Waals surface area contributed by atoms with E-state index in [4.69, 9.17) is 0 Å². The van der Waals surface area contributed by atoms with Crippen molar-refractivity contribution in [1.29, 1.82) is 0 Å². The summed E-state index contributed by atoms with van der Waals surface area (Å²) in [5.41, 5.74) is 0.490. The third-order valence-corrected chi connectivity index (χ3v) is 8.69. The van der Waals surface area contributed by atoms with E-state index in [9.17, 15) is 13.6 Å². The molecule has 2 bridgehead atoms. The topological polar surface area (TPSA) is 70.0 Å². The van der Waals surface area contributed by atoms with Crippen LogP contribution in [0.15, 0.2) is 5.16 Å². The zero-order chi connectivity index (χ0) is 15.4. The van der Waals surface area contributed by atoms with Crippen molar-refractivity contribution in [2.45, 2.75) is 51.7 Å². The molecule has 3 aliphatic rings. The number of hydrogen-bond donors (Lipinski definition) is 1. The van der Waals surface area contributed by atoms with E-state index < -0.39 is 15.3 Å². The molecule has 1 aliphatic heterocycles. The van der Waals surface area contributed by atoms with Gasteiger partial charge in [0.15, 0.2) is 0 Å². The van der Waals surface area contributed by atoms with Gasteiger partial charge in [-0.05, 0) is 36.5 Å². The molecule has 3 fully saturated rings. The van der Waals surface area contributed by atoms with E-state index in [2.05, 4.69) is 25.9 Å². The summed E-state index contributed by atoms with van der Waals surface area (Å²) in [5, 5.41) is 12.2. The standard InChI is InChI=1S/C15H26N2O3S/c1-10-11-9-12(15(10,2)3)14(13(11)16-18)21(19,20)17-7-5-4-6-8-17/h10-12,14,18H,4-9H2,1-3H3/b16-13-/t10-,11-,12-,14+/m1/s1. The van der Waals surface area contributed by atoms with Crippen molar-refractivity contribution in [2.24, 2.45) is 28.3 Å². The first-order chi connectivity index (χ1) is 9.81. The lowest BCUT2D eigenvalue weighted by Crippen LogP contribution is -2.52. The Hall–Kier alpha value is -0.620. The summed E-state index contributed by atoms with van der Waals surface area (Å²) in [6, 6.07) is 0. The summed E-state index contributed by atoms with van der Waals surface area (Å²) in [6.07, 6.45) is 3.81. The Morgan fingerprint density at radius 2 is 1.86 bits per heavy atom. The van der Waals surface area contributed by atoms with Crippen LogP contribution in [0.5, 0.6) is 0 Å². The van der Waals surface area contributed by atoms with Crippen LogP contribution < -0.4 is 0 Å². The van der Waals surface area contributed by atoms with Crippen molar-refractivity contribution in [1.82, 2.24) is 4.31 Å². The van der Waals surface area contributed by atoms with E-state index >= 15 is 0 Å². The molecule has 21 heavy (non-hydrogen) atoms. The summed E-state index contributed by atoms with van der Waals surface area (Å²) >= 11 is 0. The van der Waals surface area contributed by atoms with Gasteiger partial charge in [-0.2, -0.15) is 0 Å². The van der Waals surface area contributed by atoms with E-state index in [1.165, 1.54) is 0 Å². The predicted molar refractivity (Wildman–Crippen MR) is 81.9 cm³/mol. The highest BCUT2D eigenvalue weighted by molar-refractivity contribution is 7.90. The summed E-state index contributed by atoms with van der Waals surface area (Å²) in [6.45, 7) is 7.71. The van der Waals surface area contributed by atoms with Gasteiger partial charge in [0.1, 0.15) is 5.25 Å². The summed E-state index contributed by atoms with van der Waals surface area (Å²) in [4.78, 5) is 0. The van der Waals surface area contributed by atoms with Gasteiger partial charge in [-0.3, -0.25) is 0 Å². The third kappa shape index (κ3) is 2.05. The first kappa shape index (κ1) is 15.3. The second-order valence-corrected chi connectivity index (χ2v) is 9.56. The van der Waals surface area contributed by atoms with Crippen molar-refractivity contribution in [3.63, 3.8) is 0 Å². The average molecular weight is 314 g/mol. The Morgan fingerprint density at radius 1 is 1.24 bits per heavy atom. The highest BCUT2D eigenvalue weighted by Crippen LogP contribution is 2.59. The summed E-state index contributed by atoms with van der Waals surface area (Å²) in [7, 11) is -3.41. The molecule has 4 atom stereocenters. The van der Waals surface area contributed by atoms with Gasteiger partial charge in [-0.15, -0.1) is 0 Å². The molecule has 5 nitrogen and oxygen atoms in total. The van der Waals surface area contributed by atoms with Gasteiger partial charge < -0.3 is 5.21 Å². The average Bonchev–Trinajstić information content (AvgIpc) is 2.96. The number of oxime groups is 1. The fraction of sp³-hybridized carbons (Fsp3) is 0.933. The molecule has 6 heteroatoms. The van der Waals surface area contributed by atoms with Crippen molar-refractivity contribution < 1.29 is 13.6 Å². The number of sulfonamides is 1. The Kier molecular flexibility index (Phi) is 3.60. The van der Waals surface area contributed by atoms with Gasteiger partial charge in [0, 0.05) is 19.0 Å². The second-order valence-electron chi connectivity index (χ2n) is 7.51. The molecule has 0 unspecified atom stereocenters. The van der Waals surface area contributed by atoms with E-state index in [-0.39, 0.29) is 17.3 Å². The molecule has 1 heterocycles. The van der Waals surface area contributed by atoms with Crippen molar-refractivity contribution >= 4 is 15.7 Å². The van der Waals surface area contributed by atoms with Crippen LogP contribution in [0.4, 0.5) is 0 Å². The zero-order valence-corrected chi connectivity index (χ0v) is 13.9. The SMILES string of the molecule is C[C@@H]1[C@H]2C[C@H]([C@H](S(=O)(=O)N3CCCCC3)/C2=N\O)C1(C)C. The maximum atomic E-state index is 13.1. The molecule has 1 N–H and O–H groups in total. The van der Waals surface area contributed by atoms with Crippen molar-refractivity contribution in [2.75, 3.05) is 13.1 Å². The molecule has 3 rings (SSSR count). The molecule has 0 aromatic rings. The second kappa shape index (κ2) is 4.95. The molecule has 0 aromatic heterocycles. The normalized spacial score (nSPS) is 41.8. The molecule has 0 radical (unpaired) electrons. The minimum Gasteiger partial charge on any atom is -0.411 e. The van der Waals surface area contributed by atoms with Gasteiger partial charge in [0.25, 0.3) is 0 Å². The Morgan fingerprint density at radius 3 is 2.43 bits per heavy atom. The fourth-order valence-electron chi connectivity index (χ4n) is 4.72. The quantitative estimate of drug-likeness (QED) is 0.628. The lowest BCUT2D eigenvalue weighted by molar-refractivity contribution is 0.177. The number of rotatable bonds is 2. The molecule has 0 aromatic carbocycles. The van der Waals surface area contributed by atoms with Crippen LogP contribution in [-0.2, 0) is 10.0 Å². The van der Waals surface area contributed by atoms with Crippen LogP contribution >= 0.6 is 0 Å². The van der Waals surface area contributed by atoms with Crippen LogP contribution in [0.1, 0.15) is 46.5 Å². The molecule has 0 spiro atoms. The van der Waals surface area contributed by atoms with E-state index in [0.29, 0.717) is 24.7 Å². The third-order valence-electron chi connectivity index (χ3n) is 6.39. The first-order valence-electron chi connectivity index (χ1n) is 8.02. The molecule has 0 amide bonds. The van der Waals surface area contributed by atoms with E-state index in [0.717, 1.165) is 25.7 Å². The Bertz CT molecular complexity index is 549. The van der Waals surface area contributed by atoms with Crippen LogP contribution in [0.2, 0.25) is 0 Å². The molecule has 120 valence electrons. The monoisotopic (exact) mass is 314 g/mol. The van der Waals surface area contributed by atoms with E-state index in [1.54, 1.807) is 4.31 Å². The van der Waals surface area contributed by atoms with Gasteiger partial charge in [-0.1, -0.05) is 32.3 Å². The van der Waals surface area contributed by atoms with E-state index in [1.807, 2.05) is 0 Å². The highest BCUT2D eigenvalue weighted by atomic mass is 32.2. The van der Waals surface area contributed by atoms with Gasteiger partial charge >= 0.3 is 0 Å². The maximum absolute atomic E-state index is 13.1. The minimum atomic E-state index is -3.41. The molecular weight excluding hydrogens is 288 g/mol. The largest absolute Gasteiger partial charge is 0.411 e. The smallest absolute Gasteiger partial charge is 0.222 e. The minimum absolute atomic E-state index is 0.0214. The zero-order valence-electron chi connectivity index (χ0n) is 13.1. The van der Waals surface area contributed by atoms with Crippen LogP contribution in [-0.4, -0.2) is 42.0 Å². The number of nitrogens with zero attached hydrogens (tertiary/aromatic N) is 2. The van der Waals surface area contributed by atoms with Crippen LogP contribution in [0, 0.1) is 23.2 Å². The number of piperidine rings is 1. The number of hydrogen-bond acceptors (Lipinski definition) is 4. The van der Waals surface area contributed by atoms with Crippen molar-refractivity contribution in [3.8, 4) is 0 Å². The molecule has 2 aliphatic carbocycles. The van der Waals surface area contributed by atoms with Gasteiger partial charge in [-0.25, -0.2) is 12.7 Å². The lowest BCUT2D eigenvalue weighted by Gasteiger charge is -2.42. The van der Waals surface area contributed by atoms with Gasteiger partial charge in [0.05, 0.1) is 5.71 Å². The van der Waals surface area contributed by atoms with Crippen LogP contribution in [0.3, 0.4) is 0 Å². The Labute approximate surface area is 127 Å². The Balaban J connectivity index is 1.97. The summed E-state index contributed by atoms with van der Waals surface area (Å²) < 4.78 is 27.8. The number of fused-ring (bicyclic) bond motifs is 2. The maximum Gasteiger partial charge on any atom is 0.222 e. The predicted octanol–water partition coefficient (Wildman–Crippen LogP) is 2.31. The van der Waals surface area contributed by atoms with Gasteiger partial charge in [0.2, 0.25) is 10.0 Å². The molecular formula is C15H26N2O3S. The van der Waals surface area contributed by atoms with Crippen LogP contribution in [0.25, 0.3) is 0 Å². The molecule has 1 saturated heterocycles.